The van der Waals surface area contributed by atoms with Gasteiger partial charge >= 0.3 is 0 Å². The molecule has 0 saturated carbocycles. The van der Waals surface area contributed by atoms with Crippen LogP contribution in [0.15, 0.2) is 24.3 Å². The van der Waals surface area contributed by atoms with Crippen molar-refractivity contribution in [2.45, 2.75) is 25.7 Å². The molecule has 1 aliphatic heterocycles. The van der Waals surface area contributed by atoms with Gasteiger partial charge in [-0.25, -0.2) is 0 Å². The first-order chi connectivity index (χ1) is 8.78. The van der Waals surface area contributed by atoms with Crippen molar-refractivity contribution in [3.63, 3.8) is 0 Å². The highest BCUT2D eigenvalue weighted by atomic mass is 35.5. The summed E-state index contributed by atoms with van der Waals surface area (Å²) in [5, 5.41) is 0.799. The van der Waals surface area contributed by atoms with Crippen molar-refractivity contribution in [1.82, 2.24) is 0 Å². The van der Waals surface area contributed by atoms with Gasteiger partial charge in [-0.05, 0) is 61.8 Å². The van der Waals surface area contributed by atoms with E-state index >= 15 is 0 Å². The van der Waals surface area contributed by atoms with Crippen LogP contribution in [0.4, 0.5) is 0 Å². The Kier molecular flexibility index (Phi) is 5.48. The fraction of sp³-hybridized carbons (Fsp3) is 0.600. The third kappa shape index (κ3) is 4.27. The summed E-state index contributed by atoms with van der Waals surface area (Å²) >= 11 is 5.90. The van der Waals surface area contributed by atoms with Gasteiger partial charge in [0.15, 0.2) is 0 Å². The Morgan fingerprint density at radius 1 is 1.22 bits per heavy atom. The SMILES string of the molecule is NCC(Cc1ccc(Cl)cc1)CC1CCOCC1. The van der Waals surface area contributed by atoms with E-state index < -0.39 is 0 Å². The molecule has 1 fully saturated rings. The third-order valence-corrected chi connectivity index (χ3v) is 4.03. The van der Waals surface area contributed by atoms with E-state index in [1.54, 1.807) is 0 Å². The van der Waals surface area contributed by atoms with Crippen molar-refractivity contribution in [3.05, 3.63) is 34.9 Å². The lowest BCUT2D eigenvalue weighted by atomic mass is 9.85. The minimum absolute atomic E-state index is 0.578. The Labute approximate surface area is 114 Å². The highest BCUT2D eigenvalue weighted by Crippen LogP contribution is 2.25. The van der Waals surface area contributed by atoms with Crippen LogP contribution in [0.5, 0.6) is 0 Å². The fourth-order valence-corrected chi connectivity index (χ4v) is 2.80. The van der Waals surface area contributed by atoms with E-state index in [4.69, 9.17) is 22.1 Å². The topological polar surface area (TPSA) is 35.2 Å². The van der Waals surface area contributed by atoms with E-state index in [9.17, 15) is 0 Å². The van der Waals surface area contributed by atoms with Gasteiger partial charge in [-0.3, -0.25) is 0 Å². The van der Waals surface area contributed by atoms with Gasteiger partial charge in [-0.2, -0.15) is 0 Å². The molecule has 1 heterocycles. The summed E-state index contributed by atoms with van der Waals surface area (Å²) in [6, 6.07) is 8.13. The first-order valence-corrected chi connectivity index (χ1v) is 7.18. The van der Waals surface area contributed by atoms with Gasteiger partial charge in [-0.15, -0.1) is 0 Å². The average molecular weight is 268 g/mol. The van der Waals surface area contributed by atoms with Crippen molar-refractivity contribution in [2.24, 2.45) is 17.6 Å². The van der Waals surface area contributed by atoms with Crippen LogP contribution in [-0.4, -0.2) is 19.8 Å². The van der Waals surface area contributed by atoms with Gasteiger partial charge in [0.05, 0.1) is 0 Å². The molecule has 100 valence electrons. The van der Waals surface area contributed by atoms with Crippen LogP contribution in [0.1, 0.15) is 24.8 Å². The summed E-state index contributed by atoms with van der Waals surface area (Å²) in [5.41, 5.74) is 7.25. The van der Waals surface area contributed by atoms with Gasteiger partial charge in [0.25, 0.3) is 0 Å². The Morgan fingerprint density at radius 3 is 2.50 bits per heavy atom. The molecule has 0 aromatic heterocycles. The van der Waals surface area contributed by atoms with E-state index in [2.05, 4.69) is 12.1 Å². The number of benzene rings is 1. The molecule has 1 atom stereocenters. The van der Waals surface area contributed by atoms with Gasteiger partial charge in [0.2, 0.25) is 0 Å². The van der Waals surface area contributed by atoms with E-state index in [0.717, 1.165) is 37.1 Å². The van der Waals surface area contributed by atoms with Crippen LogP contribution in [0.3, 0.4) is 0 Å². The molecule has 0 bridgehead atoms. The molecule has 2 nitrogen and oxygen atoms in total. The molecule has 1 aromatic carbocycles. The van der Waals surface area contributed by atoms with Crippen LogP contribution >= 0.6 is 11.6 Å². The van der Waals surface area contributed by atoms with E-state index in [-0.39, 0.29) is 0 Å². The molecule has 2 N–H and O–H groups in total. The molecule has 1 aromatic rings. The number of halogens is 1. The van der Waals surface area contributed by atoms with Crippen molar-refractivity contribution in [2.75, 3.05) is 19.8 Å². The van der Waals surface area contributed by atoms with Crippen molar-refractivity contribution in [3.8, 4) is 0 Å². The predicted molar refractivity (Wildman–Crippen MR) is 75.9 cm³/mol. The Bertz CT molecular complexity index is 346. The fourth-order valence-electron chi connectivity index (χ4n) is 2.67. The lowest BCUT2D eigenvalue weighted by molar-refractivity contribution is 0.0589. The number of ether oxygens (including phenoxy) is 1. The molecule has 1 aliphatic rings. The van der Waals surface area contributed by atoms with Crippen molar-refractivity contribution >= 4 is 11.6 Å². The summed E-state index contributed by atoms with van der Waals surface area (Å²) < 4.78 is 5.40. The second-order valence-electron chi connectivity index (χ2n) is 5.22. The summed E-state index contributed by atoms with van der Waals surface area (Å²) in [6.45, 7) is 2.60. The van der Waals surface area contributed by atoms with Crippen LogP contribution in [-0.2, 0) is 11.2 Å². The number of rotatable bonds is 5. The van der Waals surface area contributed by atoms with Gasteiger partial charge in [-0.1, -0.05) is 23.7 Å². The number of nitrogens with two attached hydrogens (primary N) is 1. The molecule has 18 heavy (non-hydrogen) atoms. The largest absolute Gasteiger partial charge is 0.381 e. The normalized spacial score (nSPS) is 18.8. The highest BCUT2D eigenvalue weighted by molar-refractivity contribution is 6.30. The standard InChI is InChI=1S/C15H22ClNO/c16-15-3-1-12(2-4-15)9-14(11-17)10-13-5-7-18-8-6-13/h1-4,13-14H,5-11,17H2. The van der Waals surface area contributed by atoms with Crippen LogP contribution in [0.25, 0.3) is 0 Å². The molecule has 1 unspecified atom stereocenters. The second kappa shape index (κ2) is 7.13. The van der Waals surface area contributed by atoms with Crippen LogP contribution in [0.2, 0.25) is 5.02 Å². The first-order valence-electron chi connectivity index (χ1n) is 6.80. The molecular formula is C15H22ClNO. The Balaban J connectivity index is 1.86. The second-order valence-corrected chi connectivity index (χ2v) is 5.66. The number of hydrogen-bond acceptors (Lipinski definition) is 2. The molecule has 1 saturated heterocycles. The van der Waals surface area contributed by atoms with Gasteiger partial charge in [0.1, 0.15) is 0 Å². The minimum atomic E-state index is 0.578. The van der Waals surface area contributed by atoms with Gasteiger partial charge in [0, 0.05) is 18.2 Å². The molecule has 0 amide bonds. The van der Waals surface area contributed by atoms with Crippen molar-refractivity contribution in [1.29, 1.82) is 0 Å². The zero-order chi connectivity index (χ0) is 12.8. The summed E-state index contributed by atoms with van der Waals surface area (Å²) in [6.07, 6.45) is 4.67. The van der Waals surface area contributed by atoms with Crippen LogP contribution < -0.4 is 5.73 Å². The van der Waals surface area contributed by atoms with E-state index in [1.807, 2.05) is 12.1 Å². The maximum Gasteiger partial charge on any atom is 0.0468 e. The Morgan fingerprint density at radius 2 is 1.89 bits per heavy atom. The quantitative estimate of drug-likeness (QED) is 0.889. The zero-order valence-corrected chi connectivity index (χ0v) is 11.5. The summed E-state index contributed by atoms with van der Waals surface area (Å²) in [5.74, 6) is 1.37. The molecule has 0 spiro atoms. The van der Waals surface area contributed by atoms with E-state index in [0.29, 0.717) is 5.92 Å². The third-order valence-electron chi connectivity index (χ3n) is 3.78. The highest BCUT2D eigenvalue weighted by Gasteiger charge is 2.18. The van der Waals surface area contributed by atoms with Crippen molar-refractivity contribution < 1.29 is 4.74 Å². The predicted octanol–water partition coefficient (Wildman–Crippen LogP) is 3.27. The smallest absolute Gasteiger partial charge is 0.0468 e. The molecule has 0 radical (unpaired) electrons. The maximum absolute atomic E-state index is 5.91. The molecule has 3 heteroatoms. The van der Waals surface area contributed by atoms with Crippen LogP contribution in [0, 0.1) is 11.8 Å². The van der Waals surface area contributed by atoms with Gasteiger partial charge < -0.3 is 10.5 Å². The molecular weight excluding hydrogens is 246 g/mol. The lowest BCUT2D eigenvalue weighted by Gasteiger charge is -2.26. The molecule has 0 aliphatic carbocycles. The monoisotopic (exact) mass is 267 g/mol. The number of hydrogen-bond donors (Lipinski definition) is 1. The first kappa shape index (κ1) is 13.9. The zero-order valence-electron chi connectivity index (χ0n) is 10.8. The Hall–Kier alpha value is -0.570. The van der Waals surface area contributed by atoms with E-state index in [1.165, 1.54) is 24.8 Å². The summed E-state index contributed by atoms with van der Waals surface area (Å²) in [4.78, 5) is 0. The maximum atomic E-state index is 5.91. The molecule has 2 rings (SSSR count). The summed E-state index contributed by atoms with van der Waals surface area (Å²) in [7, 11) is 0. The average Bonchev–Trinajstić information content (AvgIpc) is 2.41. The minimum Gasteiger partial charge on any atom is -0.381 e. The lowest BCUT2D eigenvalue weighted by Crippen LogP contribution is -2.24.